The lowest BCUT2D eigenvalue weighted by atomic mass is 10.0. The zero-order valence-corrected chi connectivity index (χ0v) is 18.3. The van der Waals surface area contributed by atoms with E-state index in [1.807, 2.05) is 60.7 Å². The maximum absolute atomic E-state index is 12.7. The maximum atomic E-state index is 12.7. The number of hydrogen-bond acceptors (Lipinski definition) is 7. The second-order valence-electron chi connectivity index (χ2n) is 7.20. The van der Waals surface area contributed by atoms with E-state index in [-0.39, 0.29) is 0 Å². The second-order valence-corrected chi connectivity index (χ2v) is 8.06. The number of ether oxygens (including phenoxy) is 1. The van der Waals surface area contributed by atoms with Crippen LogP contribution in [0.2, 0.25) is 0 Å². The van der Waals surface area contributed by atoms with Crippen LogP contribution >= 0.6 is 11.3 Å². The van der Waals surface area contributed by atoms with E-state index in [2.05, 4.69) is 16.4 Å². The van der Waals surface area contributed by atoms with Crippen LogP contribution in [0.1, 0.15) is 5.01 Å². The number of para-hydroxylation sites is 2. The number of thiazole rings is 1. The van der Waals surface area contributed by atoms with Crippen LogP contribution in [-0.2, 0) is 0 Å². The Morgan fingerprint density at radius 1 is 1.12 bits per heavy atom. The minimum atomic E-state index is -0.468. The number of nitriles is 1. The van der Waals surface area contributed by atoms with Gasteiger partial charge in [0.2, 0.25) is 0 Å². The summed E-state index contributed by atoms with van der Waals surface area (Å²) in [6.07, 6.45) is 1.58. The molecule has 5 rings (SSSR count). The number of methoxy groups -OCH3 is 1. The highest BCUT2D eigenvalue weighted by molar-refractivity contribution is 7.11. The molecular weight excluding hydrogens is 434 g/mol. The molecule has 6 nitrogen and oxygen atoms in total. The minimum Gasteiger partial charge on any atom is -0.495 e. The fourth-order valence-corrected chi connectivity index (χ4v) is 4.41. The van der Waals surface area contributed by atoms with Gasteiger partial charge in [-0.25, -0.2) is 9.78 Å². The highest BCUT2D eigenvalue weighted by Gasteiger charge is 2.15. The number of nitrogens with zero attached hydrogens (tertiary/aromatic N) is 2. The summed E-state index contributed by atoms with van der Waals surface area (Å²) in [6, 6.07) is 23.0. The number of nitrogens with one attached hydrogen (secondary N) is 1. The third-order valence-electron chi connectivity index (χ3n) is 5.25. The molecule has 3 aromatic carbocycles. The number of benzene rings is 3. The molecular formula is C26H17N3O3S. The highest BCUT2D eigenvalue weighted by atomic mass is 32.1. The molecule has 0 saturated heterocycles. The lowest BCUT2D eigenvalue weighted by Gasteiger charge is -2.07. The fraction of sp³-hybridized carbons (Fsp3) is 0.0385. The van der Waals surface area contributed by atoms with E-state index in [4.69, 9.17) is 9.15 Å². The molecule has 1 N–H and O–H groups in total. The number of allylic oxidation sites excluding steroid dienone is 1. The van der Waals surface area contributed by atoms with Crippen LogP contribution in [0.15, 0.2) is 87.5 Å². The molecule has 0 atom stereocenters. The maximum Gasteiger partial charge on any atom is 0.345 e. The Labute approximate surface area is 193 Å². The minimum absolute atomic E-state index is 0.341. The zero-order valence-electron chi connectivity index (χ0n) is 17.5. The molecule has 0 fully saturated rings. The van der Waals surface area contributed by atoms with Gasteiger partial charge in [-0.15, -0.1) is 11.3 Å². The Balaban J connectivity index is 1.53. The standard InChI is InChI=1S/C26H17N3O3S/c1-31-24-9-5-4-8-21(24)28-14-17(13-27)25-29-22(15-33-25)20-12-19-18-7-3-2-6-16(18)10-11-23(19)32-26(20)30/h2-12,14-15,28H,1H3/b17-14-. The molecule has 0 aliphatic heterocycles. The molecule has 7 heteroatoms. The first kappa shape index (κ1) is 20.5. The lowest BCUT2D eigenvalue weighted by molar-refractivity contribution is 0.417. The van der Waals surface area contributed by atoms with Crippen molar-refractivity contribution in [2.24, 2.45) is 0 Å². The van der Waals surface area contributed by atoms with Crippen LogP contribution in [0, 0.1) is 11.3 Å². The van der Waals surface area contributed by atoms with Crippen molar-refractivity contribution in [1.29, 1.82) is 5.26 Å². The van der Waals surface area contributed by atoms with Crippen LogP contribution in [0.4, 0.5) is 5.69 Å². The smallest absolute Gasteiger partial charge is 0.345 e. The molecule has 0 bridgehead atoms. The van der Waals surface area contributed by atoms with Gasteiger partial charge in [0.25, 0.3) is 0 Å². The molecule has 0 aliphatic carbocycles. The molecule has 0 spiro atoms. The Morgan fingerprint density at radius 2 is 1.94 bits per heavy atom. The van der Waals surface area contributed by atoms with Gasteiger partial charge >= 0.3 is 5.63 Å². The quantitative estimate of drug-likeness (QED) is 0.199. The van der Waals surface area contributed by atoms with E-state index in [1.54, 1.807) is 24.8 Å². The predicted molar refractivity (Wildman–Crippen MR) is 131 cm³/mol. The summed E-state index contributed by atoms with van der Waals surface area (Å²) in [4.78, 5) is 17.2. The molecule has 33 heavy (non-hydrogen) atoms. The summed E-state index contributed by atoms with van der Waals surface area (Å²) in [7, 11) is 1.58. The third-order valence-corrected chi connectivity index (χ3v) is 6.13. The molecule has 160 valence electrons. The van der Waals surface area contributed by atoms with Gasteiger partial charge in [-0.1, -0.05) is 42.5 Å². The molecule has 0 radical (unpaired) electrons. The van der Waals surface area contributed by atoms with Gasteiger partial charge in [0.1, 0.15) is 28.0 Å². The van der Waals surface area contributed by atoms with Gasteiger partial charge in [-0.2, -0.15) is 5.26 Å². The highest BCUT2D eigenvalue weighted by Crippen LogP contribution is 2.30. The summed E-state index contributed by atoms with van der Waals surface area (Å²) in [5.41, 5.74) is 1.95. The Bertz CT molecular complexity index is 1630. The second kappa shape index (κ2) is 8.61. The number of anilines is 1. The van der Waals surface area contributed by atoms with Crippen LogP contribution in [-0.4, -0.2) is 12.1 Å². The molecule has 0 amide bonds. The van der Waals surface area contributed by atoms with Crippen LogP contribution in [0.3, 0.4) is 0 Å². The van der Waals surface area contributed by atoms with Crippen molar-refractivity contribution < 1.29 is 9.15 Å². The first-order chi connectivity index (χ1) is 16.2. The third kappa shape index (κ3) is 3.84. The number of fused-ring (bicyclic) bond motifs is 3. The Hall–Kier alpha value is -4.41. The summed E-state index contributed by atoms with van der Waals surface area (Å²) < 4.78 is 10.9. The van der Waals surface area contributed by atoms with Crippen molar-refractivity contribution >= 4 is 44.3 Å². The zero-order chi connectivity index (χ0) is 22.8. The van der Waals surface area contributed by atoms with E-state index in [0.717, 1.165) is 21.8 Å². The molecule has 2 aromatic heterocycles. The molecule has 0 unspecified atom stereocenters. The average Bonchev–Trinajstić information content (AvgIpc) is 3.34. The molecule has 0 saturated carbocycles. The van der Waals surface area contributed by atoms with E-state index >= 15 is 0 Å². The summed E-state index contributed by atoms with van der Waals surface area (Å²) >= 11 is 1.29. The van der Waals surface area contributed by atoms with Crippen molar-refractivity contribution in [3.8, 4) is 23.1 Å². The van der Waals surface area contributed by atoms with E-state index in [9.17, 15) is 10.1 Å². The van der Waals surface area contributed by atoms with Crippen molar-refractivity contribution in [2.45, 2.75) is 0 Å². The van der Waals surface area contributed by atoms with E-state index in [1.165, 1.54) is 11.3 Å². The Morgan fingerprint density at radius 3 is 2.79 bits per heavy atom. The largest absolute Gasteiger partial charge is 0.495 e. The first-order valence-electron chi connectivity index (χ1n) is 10.1. The normalized spacial score (nSPS) is 11.5. The predicted octanol–water partition coefficient (Wildman–Crippen LogP) is 6.05. The van der Waals surface area contributed by atoms with Gasteiger partial charge in [0.05, 0.1) is 24.1 Å². The van der Waals surface area contributed by atoms with Gasteiger partial charge in [-0.05, 0) is 35.0 Å². The monoisotopic (exact) mass is 451 g/mol. The Kier molecular flexibility index (Phi) is 5.35. The number of rotatable bonds is 5. The van der Waals surface area contributed by atoms with E-state index < -0.39 is 5.63 Å². The number of aromatic nitrogens is 1. The fourth-order valence-electron chi connectivity index (χ4n) is 3.63. The van der Waals surface area contributed by atoms with E-state index in [0.29, 0.717) is 33.2 Å². The first-order valence-corrected chi connectivity index (χ1v) is 11.0. The summed E-state index contributed by atoms with van der Waals surface area (Å²) in [5.74, 6) is 0.659. The molecule has 5 aromatic rings. The van der Waals surface area contributed by atoms with Crippen LogP contribution < -0.4 is 15.7 Å². The lowest BCUT2D eigenvalue weighted by Crippen LogP contribution is -2.03. The van der Waals surface area contributed by atoms with Crippen molar-refractivity contribution in [3.05, 3.63) is 93.7 Å². The van der Waals surface area contributed by atoms with Gasteiger partial charge in [-0.3, -0.25) is 0 Å². The van der Waals surface area contributed by atoms with Gasteiger partial charge in [0.15, 0.2) is 0 Å². The number of hydrogen-bond donors (Lipinski definition) is 1. The van der Waals surface area contributed by atoms with Gasteiger partial charge < -0.3 is 14.5 Å². The van der Waals surface area contributed by atoms with Crippen molar-refractivity contribution in [2.75, 3.05) is 12.4 Å². The van der Waals surface area contributed by atoms with Crippen molar-refractivity contribution in [1.82, 2.24) is 4.98 Å². The van der Waals surface area contributed by atoms with Crippen LogP contribution in [0.25, 0.3) is 38.6 Å². The van der Waals surface area contributed by atoms with Crippen molar-refractivity contribution in [3.63, 3.8) is 0 Å². The topological polar surface area (TPSA) is 88.2 Å². The van der Waals surface area contributed by atoms with Gasteiger partial charge in [0, 0.05) is 17.0 Å². The average molecular weight is 452 g/mol. The summed E-state index contributed by atoms with van der Waals surface area (Å²) in [5, 5.41) is 17.9. The molecule has 2 heterocycles. The SMILES string of the molecule is COc1ccccc1N/C=C(/C#N)c1nc(-c2cc3c(ccc4ccccc43)oc2=O)cs1. The van der Waals surface area contributed by atoms with Crippen LogP contribution in [0.5, 0.6) is 5.75 Å². The summed E-state index contributed by atoms with van der Waals surface area (Å²) in [6.45, 7) is 0. The molecule has 0 aliphatic rings.